The number of benzene rings is 3. The predicted molar refractivity (Wildman–Crippen MR) is 114 cm³/mol. The molecule has 0 aliphatic heterocycles. The summed E-state index contributed by atoms with van der Waals surface area (Å²) in [5.74, 6) is 0. The van der Waals surface area contributed by atoms with Gasteiger partial charge >= 0.3 is 18.1 Å². The topological polar surface area (TPSA) is 36.4 Å². The van der Waals surface area contributed by atoms with E-state index in [-0.39, 0.29) is 11.1 Å². The van der Waals surface area contributed by atoms with Crippen molar-refractivity contribution in [3.05, 3.63) is 86.4 Å². The van der Waals surface area contributed by atoms with E-state index in [4.69, 9.17) is 0 Å². The van der Waals surface area contributed by atoms with E-state index in [1.807, 2.05) is 0 Å². The van der Waals surface area contributed by atoms with Gasteiger partial charge in [0, 0.05) is 4.47 Å². The smallest absolute Gasteiger partial charge is 0.361 e. The third-order valence-electron chi connectivity index (χ3n) is 5.08. The molecule has 0 aliphatic rings. The van der Waals surface area contributed by atoms with Gasteiger partial charge in [-0.15, -0.1) is 0 Å². The first kappa shape index (κ1) is 24.0. The molecule has 0 N–H and O–H groups in total. The predicted octanol–water partition coefficient (Wildman–Crippen LogP) is 8.00. The van der Waals surface area contributed by atoms with Gasteiger partial charge in [-0.2, -0.15) is 31.1 Å². The zero-order valence-electron chi connectivity index (χ0n) is 17.2. The summed E-state index contributed by atoms with van der Waals surface area (Å²) in [6.07, 6.45) is -10.3. The molecule has 0 atom stereocenters. The summed E-state index contributed by atoms with van der Waals surface area (Å²) in [6, 6.07) is 10.6. The van der Waals surface area contributed by atoms with E-state index in [1.54, 1.807) is 18.2 Å². The monoisotopic (exact) mass is 514 g/mol. The van der Waals surface area contributed by atoms with Crippen LogP contribution in [0.5, 0.6) is 0 Å². The van der Waals surface area contributed by atoms with Crippen molar-refractivity contribution in [1.82, 2.24) is 0 Å². The lowest BCUT2D eigenvalue weighted by Gasteiger charge is -2.24. The molecule has 3 rings (SSSR count). The molecule has 0 spiro atoms. The molecular formula is C23H17BrF6N2. The van der Waals surface area contributed by atoms with Crippen LogP contribution >= 0.6 is 15.9 Å². The van der Waals surface area contributed by atoms with Crippen LogP contribution in [-0.2, 0) is 17.8 Å². The highest BCUT2D eigenvalue weighted by molar-refractivity contribution is 9.10. The Hall–Kier alpha value is -2.64. The van der Waals surface area contributed by atoms with Gasteiger partial charge in [0.2, 0.25) is 0 Å². The van der Waals surface area contributed by atoms with Crippen molar-refractivity contribution in [2.45, 2.75) is 38.5 Å². The molecule has 2 nitrogen and oxygen atoms in total. The van der Waals surface area contributed by atoms with Gasteiger partial charge in [0.25, 0.3) is 0 Å². The van der Waals surface area contributed by atoms with Crippen LogP contribution < -0.4 is 0 Å². The van der Waals surface area contributed by atoms with Gasteiger partial charge in [-0.3, -0.25) is 0 Å². The lowest BCUT2D eigenvalue weighted by Crippen LogP contribution is -2.25. The third kappa shape index (κ3) is 4.45. The Balaban J connectivity index is 2.51. The molecule has 9 heteroatoms. The Labute approximate surface area is 188 Å². The number of halogens is 7. The fourth-order valence-electron chi connectivity index (χ4n) is 3.48. The summed E-state index contributed by atoms with van der Waals surface area (Å²) in [4.78, 5) is 2.95. The average Bonchev–Trinajstić information content (AvgIpc) is 2.68. The van der Waals surface area contributed by atoms with Gasteiger partial charge in [-0.1, -0.05) is 61.0 Å². The molecule has 0 saturated carbocycles. The maximum atomic E-state index is 14.1. The zero-order chi connectivity index (χ0) is 24.1. The Morgan fingerprint density at radius 2 is 1.31 bits per heavy atom. The van der Waals surface area contributed by atoms with Gasteiger partial charge in [0.1, 0.15) is 0 Å². The second kappa shape index (κ2) is 8.05. The Bertz CT molecular complexity index is 1210. The van der Waals surface area contributed by atoms with E-state index >= 15 is 0 Å². The number of alkyl halides is 6. The van der Waals surface area contributed by atoms with E-state index < -0.39 is 40.2 Å². The molecule has 0 saturated heterocycles. The summed E-state index contributed by atoms with van der Waals surface area (Å²) in [6.45, 7) is 4.56. The second-order valence-electron chi connectivity index (χ2n) is 8.28. The van der Waals surface area contributed by atoms with Crippen molar-refractivity contribution in [3.8, 4) is 0 Å². The zero-order valence-corrected chi connectivity index (χ0v) is 18.7. The maximum absolute atomic E-state index is 14.1. The molecule has 0 aromatic heterocycles. The van der Waals surface area contributed by atoms with Crippen LogP contribution in [0.1, 0.15) is 48.6 Å². The van der Waals surface area contributed by atoms with Gasteiger partial charge in [0.05, 0.1) is 22.3 Å². The van der Waals surface area contributed by atoms with Crippen molar-refractivity contribution in [3.63, 3.8) is 0 Å². The van der Waals surface area contributed by atoms with Crippen LogP contribution in [0.4, 0.5) is 26.3 Å². The molecule has 0 bridgehead atoms. The number of hydrogen-bond acceptors (Lipinski definition) is 0. The third-order valence-corrected chi connectivity index (χ3v) is 5.77. The molecule has 3 aromatic rings. The lowest BCUT2D eigenvalue weighted by atomic mass is 9.81. The molecule has 168 valence electrons. The molecule has 3 aromatic carbocycles. The van der Waals surface area contributed by atoms with Crippen LogP contribution in [0.3, 0.4) is 0 Å². The van der Waals surface area contributed by atoms with Crippen molar-refractivity contribution in [2.24, 2.45) is 0 Å². The summed E-state index contributed by atoms with van der Waals surface area (Å²) >= 11 is 3.32. The first-order chi connectivity index (χ1) is 14.7. The van der Waals surface area contributed by atoms with Crippen molar-refractivity contribution < 1.29 is 31.1 Å². The molecule has 0 heterocycles. The van der Waals surface area contributed by atoms with Crippen LogP contribution in [0.25, 0.3) is 16.3 Å². The second-order valence-corrected chi connectivity index (χ2v) is 9.14. The first-order valence-electron chi connectivity index (χ1n) is 9.39. The fraction of sp³-hybridized carbons (Fsp3) is 0.261. The minimum Gasteiger partial charge on any atom is -0.361 e. The van der Waals surface area contributed by atoms with Gasteiger partial charge < -0.3 is 5.53 Å². The largest absolute Gasteiger partial charge is 0.417 e. The van der Waals surface area contributed by atoms with Crippen LogP contribution in [0.15, 0.2) is 53.0 Å². The normalized spacial score (nSPS) is 12.7. The van der Waals surface area contributed by atoms with Crippen molar-refractivity contribution >= 4 is 32.4 Å². The highest BCUT2D eigenvalue weighted by Crippen LogP contribution is 2.43. The highest BCUT2D eigenvalue weighted by atomic mass is 79.9. The lowest BCUT2D eigenvalue weighted by molar-refractivity contribution is -0.144. The van der Waals surface area contributed by atoms with E-state index in [9.17, 15) is 31.9 Å². The first-order valence-corrected chi connectivity index (χ1v) is 10.2. The number of nitrogens with zero attached hydrogens (tertiary/aromatic N) is 2. The summed E-state index contributed by atoms with van der Waals surface area (Å²) in [7, 11) is 0. The summed E-state index contributed by atoms with van der Waals surface area (Å²) in [5.41, 5.74) is 3.46. The Kier molecular flexibility index (Phi) is 6.04. The van der Waals surface area contributed by atoms with Crippen molar-refractivity contribution in [2.75, 3.05) is 0 Å². The highest BCUT2D eigenvalue weighted by Gasteiger charge is 2.46. The molecule has 0 radical (unpaired) electrons. The van der Waals surface area contributed by atoms with Gasteiger partial charge in [-0.05, 0) is 46.0 Å². The SMILES string of the molecule is CC(C)(C)c1cc(C(F)(F)F)c(C(=[N+]=[N-])c2ccc(Br)c3ccccc23)c(C(F)(F)F)c1. The van der Waals surface area contributed by atoms with Crippen LogP contribution in [0, 0.1) is 0 Å². The molecule has 0 unspecified atom stereocenters. The van der Waals surface area contributed by atoms with Crippen LogP contribution in [-0.4, -0.2) is 10.5 Å². The molecular weight excluding hydrogens is 498 g/mol. The molecule has 32 heavy (non-hydrogen) atoms. The summed E-state index contributed by atoms with van der Waals surface area (Å²) < 4.78 is 85.0. The number of hydrogen-bond donors (Lipinski definition) is 0. The average molecular weight is 515 g/mol. The number of rotatable bonds is 2. The standard InChI is InChI=1S/C23H17BrF6N2/c1-21(2,3)12-10-16(22(25,26)27)19(17(11-12)23(28,29)30)20(32-31)15-8-9-18(24)14-7-5-4-6-13(14)15/h4-11H,1-3H3. The maximum Gasteiger partial charge on any atom is 0.417 e. The van der Waals surface area contributed by atoms with E-state index in [2.05, 4.69) is 20.7 Å². The summed E-state index contributed by atoms with van der Waals surface area (Å²) in [5, 5.41) is 0.871. The molecule has 0 fully saturated rings. The minimum atomic E-state index is -5.13. The van der Waals surface area contributed by atoms with Gasteiger partial charge in [-0.25, -0.2) is 0 Å². The Morgan fingerprint density at radius 3 is 1.75 bits per heavy atom. The van der Waals surface area contributed by atoms with Crippen LogP contribution in [0.2, 0.25) is 0 Å². The van der Waals surface area contributed by atoms with Crippen molar-refractivity contribution in [1.29, 1.82) is 0 Å². The molecule has 0 aliphatic carbocycles. The van der Waals surface area contributed by atoms with Gasteiger partial charge in [0.15, 0.2) is 0 Å². The van der Waals surface area contributed by atoms with E-state index in [0.29, 0.717) is 27.4 Å². The fourth-order valence-corrected chi connectivity index (χ4v) is 3.96. The van der Waals surface area contributed by atoms with E-state index in [1.165, 1.54) is 39.0 Å². The quantitative estimate of drug-likeness (QED) is 0.144. The molecule has 0 amide bonds. The number of fused-ring (bicyclic) bond motifs is 1. The van der Waals surface area contributed by atoms with E-state index in [0.717, 1.165) is 0 Å². The minimum absolute atomic E-state index is 0.0641. The Morgan fingerprint density at radius 1 is 0.812 bits per heavy atom.